The second-order valence-corrected chi connectivity index (χ2v) is 8.67. The number of aromatic nitrogens is 1. The zero-order chi connectivity index (χ0) is 17.0. The summed E-state index contributed by atoms with van der Waals surface area (Å²) in [6, 6.07) is 5.39. The lowest BCUT2D eigenvalue weighted by Crippen LogP contribution is -2.50. The molecule has 1 saturated carbocycles. The van der Waals surface area contributed by atoms with E-state index in [1.165, 1.54) is 12.0 Å². The van der Waals surface area contributed by atoms with Crippen LogP contribution in [0.5, 0.6) is 5.88 Å². The molecular weight excluding hydrogens is 284 g/mol. The predicted molar refractivity (Wildman–Crippen MR) is 96.9 cm³/mol. The van der Waals surface area contributed by atoms with E-state index in [-0.39, 0.29) is 0 Å². The first kappa shape index (κ1) is 18.3. The predicted octanol–water partition coefficient (Wildman–Crippen LogP) is 4.60. The molecule has 0 spiro atoms. The first-order chi connectivity index (χ1) is 10.7. The van der Waals surface area contributed by atoms with Crippen LogP contribution in [0.1, 0.15) is 66.4 Å². The first-order valence-electron chi connectivity index (χ1n) is 9.10. The highest BCUT2D eigenvalue weighted by Gasteiger charge is 2.32. The van der Waals surface area contributed by atoms with Gasteiger partial charge in [0.15, 0.2) is 0 Å². The molecule has 1 aliphatic carbocycles. The van der Waals surface area contributed by atoms with E-state index < -0.39 is 0 Å². The highest BCUT2D eigenvalue weighted by molar-refractivity contribution is 5.21. The third kappa shape index (κ3) is 6.14. The van der Waals surface area contributed by atoms with Crippen molar-refractivity contribution in [3.8, 4) is 5.88 Å². The van der Waals surface area contributed by atoms with Crippen molar-refractivity contribution >= 4 is 0 Å². The summed E-state index contributed by atoms with van der Waals surface area (Å²) in [5, 5.41) is 3.68. The van der Waals surface area contributed by atoms with Crippen molar-refractivity contribution in [1.82, 2.24) is 10.3 Å². The number of nitrogens with one attached hydrogen (secondary N) is 1. The van der Waals surface area contributed by atoms with Crippen LogP contribution in [0.15, 0.2) is 18.3 Å². The minimum absolute atomic E-state index is 0.317. The van der Waals surface area contributed by atoms with E-state index >= 15 is 0 Å². The Kier molecular flexibility index (Phi) is 6.07. The fourth-order valence-electron chi connectivity index (χ4n) is 2.72. The fourth-order valence-corrected chi connectivity index (χ4v) is 2.72. The van der Waals surface area contributed by atoms with Gasteiger partial charge in [0.2, 0.25) is 5.88 Å². The van der Waals surface area contributed by atoms with Crippen molar-refractivity contribution in [3.63, 3.8) is 0 Å². The van der Waals surface area contributed by atoms with Gasteiger partial charge in [0.25, 0.3) is 0 Å². The Morgan fingerprint density at radius 3 is 2.57 bits per heavy atom. The summed E-state index contributed by atoms with van der Waals surface area (Å²) in [6.07, 6.45) is 6.64. The van der Waals surface area contributed by atoms with Gasteiger partial charge in [-0.15, -0.1) is 0 Å². The number of hydrogen-bond donors (Lipinski definition) is 1. The van der Waals surface area contributed by atoms with Crippen molar-refractivity contribution < 1.29 is 4.74 Å². The topological polar surface area (TPSA) is 34.1 Å². The number of rotatable bonds is 7. The van der Waals surface area contributed by atoms with Gasteiger partial charge in [-0.25, -0.2) is 4.98 Å². The van der Waals surface area contributed by atoms with E-state index in [2.05, 4.69) is 64.0 Å². The van der Waals surface area contributed by atoms with Crippen LogP contribution in [0.25, 0.3) is 0 Å². The average molecular weight is 319 g/mol. The third-order valence-electron chi connectivity index (χ3n) is 4.84. The smallest absolute Gasteiger partial charge is 0.213 e. The summed E-state index contributed by atoms with van der Waals surface area (Å²) in [4.78, 5) is 4.38. The van der Waals surface area contributed by atoms with Gasteiger partial charge in [-0.1, -0.05) is 34.6 Å². The minimum atomic E-state index is 0.317. The molecule has 0 saturated heterocycles. The zero-order valence-electron chi connectivity index (χ0n) is 15.7. The van der Waals surface area contributed by atoms with Crippen LogP contribution >= 0.6 is 0 Å². The Morgan fingerprint density at radius 2 is 1.96 bits per heavy atom. The Hall–Kier alpha value is -1.09. The Bertz CT molecular complexity index is 487. The lowest BCUT2D eigenvalue weighted by Gasteiger charge is -2.38. The van der Waals surface area contributed by atoms with Crippen molar-refractivity contribution in [2.24, 2.45) is 11.3 Å². The van der Waals surface area contributed by atoms with Crippen LogP contribution in [0, 0.1) is 11.3 Å². The molecule has 3 heteroatoms. The van der Waals surface area contributed by atoms with Crippen molar-refractivity contribution in [3.05, 3.63) is 23.9 Å². The molecule has 0 aliphatic heterocycles. The molecule has 1 N–H and O–H groups in total. The first-order valence-corrected chi connectivity index (χ1v) is 9.10. The van der Waals surface area contributed by atoms with Crippen LogP contribution in [0.3, 0.4) is 0 Å². The minimum Gasteiger partial charge on any atom is -0.474 e. The molecule has 1 aromatic heterocycles. The summed E-state index contributed by atoms with van der Waals surface area (Å²) in [5.41, 5.74) is 1.69. The molecule has 0 amide bonds. The lowest BCUT2D eigenvalue weighted by atomic mass is 9.87. The molecule has 1 heterocycles. The van der Waals surface area contributed by atoms with E-state index in [9.17, 15) is 0 Å². The number of pyridine rings is 1. The quantitative estimate of drug-likeness (QED) is 0.797. The molecule has 1 aliphatic rings. The van der Waals surface area contributed by atoms with Gasteiger partial charge in [0.05, 0.1) is 0 Å². The molecule has 1 fully saturated rings. The van der Waals surface area contributed by atoms with Crippen molar-refractivity contribution in [2.75, 3.05) is 0 Å². The monoisotopic (exact) mass is 318 g/mol. The second kappa shape index (κ2) is 7.65. The van der Waals surface area contributed by atoms with E-state index in [1.54, 1.807) is 0 Å². The molecule has 1 atom stereocenters. The lowest BCUT2D eigenvalue weighted by molar-refractivity contribution is 0.0732. The van der Waals surface area contributed by atoms with Gasteiger partial charge in [-0.2, -0.15) is 0 Å². The van der Waals surface area contributed by atoms with Crippen LogP contribution in [0.2, 0.25) is 0 Å². The standard InChI is InChI=1S/C20H34N2O/c1-14(2)15(3)22-17-12-18(13-17)23-19-11-16(8-10-21-19)7-9-20(4,5)6/h8,10-11,14-15,17-18,22H,7,9,12-13H2,1-6H3/t15-,17?,18?/m0/s1. The van der Waals surface area contributed by atoms with Crippen LogP contribution in [0.4, 0.5) is 0 Å². The molecule has 2 rings (SSSR count). The summed E-state index contributed by atoms with van der Waals surface area (Å²) < 4.78 is 6.04. The highest BCUT2D eigenvalue weighted by atomic mass is 16.5. The van der Waals surface area contributed by atoms with Gasteiger partial charge in [0.1, 0.15) is 6.10 Å². The molecule has 23 heavy (non-hydrogen) atoms. The Labute approximate surface area is 142 Å². The SMILES string of the molecule is CC(C)[C@H](C)NC1CC(Oc2cc(CCC(C)(C)C)ccn2)C1. The third-order valence-corrected chi connectivity index (χ3v) is 4.84. The molecule has 0 radical (unpaired) electrons. The van der Waals surface area contributed by atoms with Crippen LogP contribution < -0.4 is 10.1 Å². The normalized spacial score (nSPS) is 22.7. The average Bonchev–Trinajstić information content (AvgIpc) is 2.42. The fraction of sp³-hybridized carbons (Fsp3) is 0.750. The molecular formula is C20H34N2O. The molecule has 130 valence electrons. The molecule has 0 unspecified atom stereocenters. The summed E-state index contributed by atoms with van der Waals surface area (Å²) in [5.74, 6) is 1.47. The summed E-state index contributed by atoms with van der Waals surface area (Å²) in [7, 11) is 0. The van der Waals surface area contributed by atoms with E-state index in [4.69, 9.17) is 4.74 Å². The molecule has 0 bridgehead atoms. The van der Waals surface area contributed by atoms with Crippen molar-refractivity contribution in [1.29, 1.82) is 0 Å². The Balaban J connectivity index is 1.77. The maximum atomic E-state index is 6.04. The second-order valence-electron chi connectivity index (χ2n) is 8.67. The number of ether oxygens (including phenoxy) is 1. The van der Waals surface area contributed by atoms with E-state index in [0.717, 1.165) is 25.1 Å². The Morgan fingerprint density at radius 1 is 1.26 bits per heavy atom. The molecule has 3 nitrogen and oxygen atoms in total. The van der Waals surface area contributed by atoms with Crippen LogP contribution in [-0.4, -0.2) is 23.2 Å². The van der Waals surface area contributed by atoms with Crippen LogP contribution in [-0.2, 0) is 6.42 Å². The van der Waals surface area contributed by atoms with Gasteiger partial charge in [-0.3, -0.25) is 0 Å². The van der Waals surface area contributed by atoms with E-state index in [0.29, 0.717) is 29.5 Å². The summed E-state index contributed by atoms with van der Waals surface area (Å²) >= 11 is 0. The number of hydrogen-bond acceptors (Lipinski definition) is 3. The van der Waals surface area contributed by atoms with Gasteiger partial charge < -0.3 is 10.1 Å². The summed E-state index contributed by atoms with van der Waals surface area (Å²) in [6.45, 7) is 13.6. The molecule has 1 aromatic rings. The van der Waals surface area contributed by atoms with Crippen molar-refractivity contribution in [2.45, 2.75) is 85.4 Å². The van der Waals surface area contributed by atoms with Gasteiger partial charge in [0, 0.05) is 24.3 Å². The van der Waals surface area contributed by atoms with Gasteiger partial charge >= 0.3 is 0 Å². The van der Waals surface area contributed by atoms with Gasteiger partial charge in [-0.05, 0) is 55.6 Å². The largest absolute Gasteiger partial charge is 0.474 e. The highest BCUT2D eigenvalue weighted by Crippen LogP contribution is 2.27. The maximum Gasteiger partial charge on any atom is 0.213 e. The number of aryl methyl sites for hydroxylation is 1. The van der Waals surface area contributed by atoms with E-state index in [1.807, 2.05) is 6.20 Å². The zero-order valence-corrected chi connectivity index (χ0v) is 15.7. The number of nitrogens with zero attached hydrogens (tertiary/aromatic N) is 1. The maximum absolute atomic E-state index is 6.04. The molecule has 0 aromatic carbocycles.